The summed E-state index contributed by atoms with van der Waals surface area (Å²) in [6, 6.07) is 8.06. The molecule has 1 aliphatic heterocycles. The number of rotatable bonds is 6. The van der Waals surface area contributed by atoms with Crippen LogP contribution in [0.25, 0.3) is 0 Å². The van der Waals surface area contributed by atoms with Gasteiger partial charge < -0.3 is 19.9 Å². The first-order valence-electron chi connectivity index (χ1n) is 6.30. The molecular formula is C14H21NO3. The van der Waals surface area contributed by atoms with Gasteiger partial charge in [0.2, 0.25) is 0 Å². The van der Waals surface area contributed by atoms with Crippen LogP contribution in [0, 0.1) is 0 Å². The summed E-state index contributed by atoms with van der Waals surface area (Å²) in [6.45, 7) is 2.43. The van der Waals surface area contributed by atoms with Gasteiger partial charge in [0.15, 0.2) is 0 Å². The average molecular weight is 251 g/mol. The molecule has 18 heavy (non-hydrogen) atoms. The van der Waals surface area contributed by atoms with Crippen LogP contribution in [0.3, 0.4) is 0 Å². The van der Waals surface area contributed by atoms with Gasteiger partial charge >= 0.3 is 0 Å². The van der Waals surface area contributed by atoms with E-state index in [1.54, 1.807) is 7.11 Å². The fourth-order valence-corrected chi connectivity index (χ4v) is 2.12. The number of benzene rings is 1. The summed E-state index contributed by atoms with van der Waals surface area (Å²) >= 11 is 0. The number of nitrogens with two attached hydrogens (primary N) is 1. The van der Waals surface area contributed by atoms with Gasteiger partial charge in [0.1, 0.15) is 12.4 Å². The van der Waals surface area contributed by atoms with E-state index in [-0.39, 0.29) is 5.54 Å². The van der Waals surface area contributed by atoms with Gasteiger partial charge in [-0.1, -0.05) is 18.2 Å². The van der Waals surface area contributed by atoms with Crippen molar-refractivity contribution < 1.29 is 14.2 Å². The standard InChI is InChI=1S/C14H21NO3/c1-16-8-9-17-7-6-14(15)10-12-4-2-3-5-13(12)18-11-14/h2-5H,6-11,15H2,1H3. The smallest absolute Gasteiger partial charge is 0.122 e. The molecule has 4 heteroatoms. The topological polar surface area (TPSA) is 53.7 Å². The van der Waals surface area contributed by atoms with Crippen LogP contribution in [-0.2, 0) is 15.9 Å². The highest BCUT2D eigenvalue weighted by atomic mass is 16.5. The van der Waals surface area contributed by atoms with Crippen molar-refractivity contribution in [3.8, 4) is 5.75 Å². The van der Waals surface area contributed by atoms with Crippen LogP contribution in [0.1, 0.15) is 12.0 Å². The summed E-state index contributed by atoms with van der Waals surface area (Å²) in [6.07, 6.45) is 1.64. The lowest BCUT2D eigenvalue weighted by molar-refractivity contribution is 0.0534. The Bertz CT molecular complexity index is 383. The van der Waals surface area contributed by atoms with Crippen LogP contribution in [0.15, 0.2) is 24.3 Å². The van der Waals surface area contributed by atoms with Crippen LogP contribution in [-0.4, -0.2) is 39.1 Å². The molecule has 1 atom stereocenters. The van der Waals surface area contributed by atoms with E-state index in [9.17, 15) is 0 Å². The highest BCUT2D eigenvalue weighted by Crippen LogP contribution is 2.29. The largest absolute Gasteiger partial charge is 0.491 e. The van der Waals surface area contributed by atoms with Crippen LogP contribution < -0.4 is 10.5 Å². The molecule has 0 spiro atoms. The van der Waals surface area contributed by atoms with Crippen molar-refractivity contribution in [1.29, 1.82) is 0 Å². The van der Waals surface area contributed by atoms with Crippen molar-refractivity contribution in [2.24, 2.45) is 5.73 Å². The zero-order chi connectivity index (χ0) is 12.8. The molecule has 1 aromatic carbocycles. The van der Waals surface area contributed by atoms with Crippen molar-refractivity contribution in [2.45, 2.75) is 18.4 Å². The Labute approximate surface area is 108 Å². The summed E-state index contributed by atoms with van der Waals surface area (Å²) in [5.74, 6) is 0.957. The molecule has 4 nitrogen and oxygen atoms in total. The van der Waals surface area contributed by atoms with E-state index < -0.39 is 0 Å². The maximum Gasteiger partial charge on any atom is 0.122 e. The lowest BCUT2D eigenvalue weighted by Gasteiger charge is -2.34. The molecule has 2 rings (SSSR count). The number of hydrogen-bond acceptors (Lipinski definition) is 4. The van der Waals surface area contributed by atoms with Gasteiger partial charge in [-0.05, 0) is 24.5 Å². The third kappa shape index (κ3) is 3.45. The molecule has 0 amide bonds. The third-order valence-corrected chi connectivity index (χ3v) is 3.21. The van der Waals surface area contributed by atoms with Crippen molar-refractivity contribution in [3.63, 3.8) is 0 Å². The second-order valence-electron chi connectivity index (χ2n) is 4.79. The van der Waals surface area contributed by atoms with Crippen molar-refractivity contribution in [3.05, 3.63) is 29.8 Å². The number of para-hydroxylation sites is 1. The van der Waals surface area contributed by atoms with Crippen LogP contribution in [0.5, 0.6) is 5.75 Å². The van der Waals surface area contributed by atoms with Gasteiger partial charge in [0.05, 0.1) is 18.8 Å². The monoisotopic (exact) mass is 251 g/mol. The number of hydrogen-bond donors (Lipinski definition) is 1. The molecule has 0 fully saturated rings. The first-order chi connectivity index (χ1) is 8.73. The molecule has 0 saturated carbocycles. The van der Waals surface area contributed by atoms with E-state index in [4.69, 9.17) is 19.9 Å². The molecule has 1 unspecified atom stereocenters. The Morgan fingerprint density at radius 1 is 1.28 bits per heavy atom. The molecular weight excluding hydrogens is 230 g/mol. The summed E-state index contributed by atoms with van der Waals surface area (Å²) in [4.78, 5) is 0. The number of fused-ring (bicyclic) bond motifs is 1. The minimum Gasteiger partial charge on any atom is -0.491 e. The highest BCUT2D eigenvalue weighted by Gasteiger charge is 2.31. The summed E-state index contributed by atoms with van der Waals surface area (Å²) in [5.41, 5.74) is 7.22. The van der Waals surface area contributed by atoms with Crippen molar-refractivity contribution in [2.75, 3.05) is 33.5 Å². The highest BCUT2D eigenvalue weighted by molar-refractivity contribution is 5.36. The van der Waals surface area contributed by atoms with Gasteiger partial charge in [-0.25, -0.2) is 0 Å². The minimum atomic E-state index is -0.318. The second kappa shape index (κ2) is 6.18. The summed E-state index contributed by atoms with van der Waals surface area (Å²) in [5, 5.41) is 0. The number of ether oxygens (including phenoxy) is 3. The zero-order valence-electron chi connectivity index (χ0n) is 10.9. The van der Waals surface area contributed by atoms with E-state index in [0.29, 0.717) is 26.4 Å². The van der Waals surface area contributed by atoms with Gasteiger partial charge in [0, 0.05) is 13.7 Å². The lowest BCUT2D eigenvalue weighted by Crippen LogP contribution is -2.50. The predicted molar refractivity (Wildman–Crippen MR) is 69.9 cm³/mol. The van der Waals surface area contributed by atoms with Crippen molar-refractivity contribution >= 4 is 0 Å². The van der Waals surface area contributed by atoms with E-state index >= 15 is 0 Å². The Morgan fingerprint density at radius 2 is 2.11 bits per heavy atom. The normalized spacial score (nSPS) is 22.3. The third-order valence-electron chi connectivity index (χ3n) is 3.21. The fourth-order valence-electron chi connectivity index (χ4n) is 2.12. The molecule has 1 aliphatic rings. The predicted octanol–water partition coefficient (Wildman–Crippen LogP) is 1.37. The quantitative estimate of drug-likeness (QED) is 0.776. The van der Waals surface area contributed by atoms with Crippen LogP contribution in [0.4, 0.5) is 0 Å². The molecule has 0 aliphatic carbocycles. The van der Waals surface area contributed by atoms with Gasteiger partial charge in [-0.15, -0.1) is 0 Å². The first-order valence-corrected chi connectivity index (χ1v) is 6.30. The van der Waals surface area contributed by atoms with Gasteiger partial charge in [-0.3, -0.25) is 0 Å². The van der Waals surface area contributed by atoms with E-state index in [1.807, 2.05) is 18.2 Å². The molecule has 2 N–H and O–H groups in total. The lowest BCUT2D eigenvalue weighted by atomic mass is 9.87. The fraction of sp³-hybridized carbons (Fsp3) is 0.571. The average Bonchev–Trinajstić information content (AvgIpc) is 2.38. The molecule has 1 heterocycles. The Hall–Kier alpha value is -1.10. The molecule has 100 valence electrons. The summed E-state index contributed by atoms with van der Waals surface area (Å²) < 4.78 is 16.1. The number of methoxy groups -OCH3 is 1. The maximum absolute atomic E-state index is 6.35. The Morgan fingerprint density at radius 3 is 2.94 bits per heavy atom. The van der Waals surface area contributed by atoms with Crippen LogP contribution >= 0.6 is 0 Å². The minimum absolute atomic E-state index is 0.318. The Balaban J connectivity index is 1.82. The Kier molecular flexibility index (Phi) is 4.58. The summed E-state index contributed by atoms with van der Waals surface area (Å²) in [7, 11) is 1.67. The van der Waals surface area contributed by atoms with Crippen molar-refractivity contribution in [1.82, 2.24) is 0 Å². The second-order valence-corrected chi connectivity index (χ2v) is 4.79. The molecule has 0 saturated heterocycles. The SMILES string of the molecule is COCCOCCC1(N)COc2ccccc2C1. The van der Waals surface area contributed by atoms with E-state index in [1.165, 1.54) is 5.56 Å². The van der Waals surface area contributed by atoms with E-state index in [2.05, 4.69) is 6.07 Å². The van der Waals surface area contributed by atoms with Gasteiger partial charge in [0.25, 0.3) is 0 Å². The maximum atomic E-state index is 6.35. The molecule has 0 aromatic heterocycles. The van der Waals surface area contributed by atoms with Gasteiger partial charge in [-0.2, -0.15) is 0 Å². The van der Waals surface area contributed by atoms with E-state index in [0.717, 1.165) is 18.6 Å². The zero-order valence-corrected chi connectivity index (χ0v) is 10.9. The molecule has 0 bridgehead atoms. The van der Waals surface area contributed by atoms with Crippen LogP contribution in [0.2, 0.25) is 0 Å². The molecule has 1 aromatic rings. The molecule has 0 radical (unpaired) electrons. The first kappa shape index (κ1) is 13.3.